The lowest BCUT2D eigenvalue weighted by Crippen LogP contribution is -2.51. The molecule has 110 valence electrons. The summed E-state index contributed by atoms with van der Waals surface area (Å²) in [4.78, 5) is 2.48. The highest BCUT2D eigenvalue weighted by Crippen LogP contribution is 2.33. The molecule has 2 aromatic carbocycles. The van der Waals surface area contributed by atoms with Crippen molar-refractivity contribution in [3.05, 3.63) is 63.0 Å². The normalized spacial score (nSPS) is 22.3. The van der Waals surface area contributed by atoms with Crippen LogP contribution in [0.3, 0.4) is 0 Å². The molecule has 2 aromatic rings. The molecule has 0 bridgehead atoms. The maximum atomic E-state index is 3.69. The second-order valence-electron chi connectivity index (χ2n) is 5.47. The van der Waals surface area contributed by atoms with Crippen molar-refractivity contribution in [1.29, 1.82) is 0 Å². The van der Waals surface area contributed by atoms with E-state index in [2.05, 4.69) is 97.5 Å². The lowest BCUT2D eigenvalue weighted by Gasteiger charge is -2.41. The fourth-order valence-corrected chi connectivity index (χ4v) is 4.10. The van der Waals surface area contributed by atoms with Gasteiger partial charge in [0.2, 0.25) is 0 Å². The molecule has 0 radical (unpaired) electrons. The number of rotatable bonds is 2. The molecule has 1 saturated heterocycles. The molecular weight excluding hydrogens is 392 g/mol. The first-order valence-electron chi connectivity index (χ1n) is 7.15. The zero-order valence-corrected chi connectivity index (χ0v) is 15.1. The van der Waals surface area contributed by atoms with E-state index >= 15 is 0 Å². The minimum Gasteiger partial charge on any atom is -0.365 e. The number of anilines is 1. The molecule has 2 unspecified atom stereocenters. The first-order valence-corrected chi connectivity index (χ1v) is 8.74. The Morgan fingerprint density at radius 2 is 1.86 bits per heavy atom. The summed E-state index contributed by atoms with van der Waals surface area (Å²) in [5.74, 6) is 0. The summed E-state index contributed by atoms with van der Waals surface area (Å²) in [6.45, 7) is 4.23. The number of piperazine rings is 1. The molecule has 2 atom stereocenters. The highest BCUT2D eigenvalue weighted by molar-refractivity contribution is 9.11. The predicted octanol–water partition coefficient (Wildman–Crippen LogP) is 4.75. The van der Waals surface area contributed by atoms with Crippen molar-refractivity contribution in [3.63, 3.8) is 0 Å². The number of hydrogen-bond acceptors (Lipinski definition) is 2. The van der Waals surface area contributed by atoms with Gasteiger partial charge in [0, 0.05) is 34.1 Å². The van der Waals surface area contributed by atoms with Crippen molar-refractivity contribution in [2.45, 2.75) is 19.0 Å². The van der Waals surface area contributed by atoms with Crippen LogP contribution in [0, 0.1) is 0 Å². The summed E-state index contributed by atoms with van der Waals surface area (Å²) in [6.07, 6.45) is 0. The molecule has 3 rings (SSSR count). The maximum Gasteiger partial charge on any atom is 0.0514 e. The van der Waals surface area contributed by atoms with Crippen LogP contribution < -0.4 is 10.2 Å². The van der Waals surface area contributed by atoms with Crippen LogP contribution in [0.1, 0.15) is 18.5 Å². The average molecular weight is 410 g/mol. The number of nitrogens with zero attached hydrogens (tertiary/aromatic N) is 1. The molecule has 0 amide bonds. The lowest BCUT2D eigenvalue weighted by molar-refractivity contribution is 0.414. The summed E-state index contributed by atoms with van der Waals surface area (Å²) in [7, 11) is 0. The molecule has 21 heavy (non-hydrogen) atoms. The van der Waals surface area contributed by atoms with Crippen LogP contribution in [0.5, 0.6) is 0 Å². The Hall–Kier alpha value is -0.840. The minimum absolute atomic E-state index is 0.373. The molecule has 1 heterocycles. The molecule has 0 aliphatic carbocycles. The molecule has 1 aliphatic heterocycles. The highest BCUT2D eigenvalue weighted by Gasteiger charge is 2.27. The van der Waals surface area contributed by atoms with Crippen LogP contribution >= 0.6 is 31.9 Å². The monoisotopic (exact) mass is 408 g/mol. The van der Waals surface area contributed by atoms with Gasteiger partial charge in [-0.05, 0) is 46.6 Å². The van der Waals surface area contributed by atoms with E-state index in [9.17, 15) is 0 Å². The molecule has 0 saturated carbocycles. The van der Waals surface area contributed by atoms with Gasteiger partial charge in [0.25, 0.3) is 0 Å². The van der Waals surface area contributed by atoms with Gasteiger partial charge in [-0.3, -0.25) is 0 Å². The number of nitrogens with one attached hydrogen (secondary N) is 1. The lowest BCUT2D eigenvalue weighted by atomic mass is 10.0. The van der Waals surface area contributed by atoms with E-state index in [1.54, 1.807) is 0 Å². The van der Waals surface area contributed by atoms with E-state index in [1.165, 1.54) is 11.3 Å². The zero-order chi connectivity index (χ0) is 14.8. The number of hydrogen-bond donors (Lipinski definition) is 1. The fraction of sp³-hybridized carbons (Fsp3) is 0.294. The number of benzene rings is 2. The third kappa shape index (κ3) is 3.33. The molecule has 1 N–H and O–H groups in total. The van der Waals surface area contributed by atoms with E-state index < -0.39 is 0 Å². The third-order valence-electron chi connectivity index (χ3n) is 3.99. The van der Waals surface area contributed by atoms with Gasteiger partial charge in [0.05, 0.1) is 5.69 Å². The second-order valence-corrected chi connectivity index (χ2v) is 7.24. The fourth-order valence-electron chi connectivity index (χ4n) is 2.82. The largest absolute Gasteiger partial charge is 0.365 e. The molecule has 2 nitrogen and oxygen atoms in total. The Morgan fingerprint density at radius 3 is 2.57 bits per heavy atom. The first-order chi connectivity index (χ1) is 10.1. The molecule has 1 aliphatic rings. The van der Waals surface area contributed by atoms with E-state index in [0.717, 1.165) is 22.0 Å². The van der Waals surface area contributed by atoms with Gasteiger partial charge >= 0.3 is 0 Å². The Balaban J connectivity index is 1.87. The van der Waals surface area contributed by atoms with Gasteiger partial charge in [-0.25, -0.2) is 0 Å². The summed E-state index contributed by atoms with van der Waals surface area (Å²) in [5.41, 5.74) is 2.61. The van der Waals surface area contributed by atoms with Crippen molar-refractivity contribution in [3.8, 4) is 0 Å². The first kappa shape index (κ1) is 15.1. The molecule has 0 spiro atoms. The minimum atomic E-state index is 0.373. The van der Waals surface area contributed by atoms with E-state index in [-0.39, 0.29) is 0 Å². The summed E-state index contributed by atoms with van der Waals surface area (Å²) in [5, 5.41) is 3.65. The van der Waals surface area contributed by atoms with E-state index in [1.807, 2.05) is 0 Å². The predicted molar refractivity (Wildman–Crippen MR) is 95.8 cm³/mol. The van der Waals surface area contributed by atoms with Gasteiger partial charge < -0.3 is 10.2 Å². The van der Waals surface area contributed by atoms with Crippen LogP contribution in [0.25, 0.3) is 0 Å². The van der Waals surface area contributed by atoms with Crippen LogP contribution in [0.4, 0.5) is 5.69 Å². The number of halogens is 2. The smallest absolute Gasteiger partial charge is 0.0514 e. The average Bonchev–Trinajstić information content (AvgIpc) is 2.49. The third-order valence-corrected chi connectivity index (χ3v) is 5.12. The summed E-state index contributed by atoms with van der Waals surface area (Å²) < 4.78 is 2.23. The Bertz CT molecular complexity index is 615. The van der Waals surface area contributed by atoms with Crippen LogP contribution in [-0.4, -0.2) is 19.1 Å². The Labute approximate surface area is 142 Å². The summed E-state index contributed by atoms with van der Waals surface area (Å²) in [6, 6.07) is 17.9. The molecule has 4 heteroatoms. The Morgan fingerprint density at radius 1 is 1.10 bits per heavy atom. The topological polar surface area (TPSA) is 15.3 Å². The van der Waals surface area contributed by atoms with Crippen molar-refractivity contribution >= 4 is 37.5 Å². The second kappa shape index (κ2) is 6.51. The van der Waals surface area contributed by atoms with E-state index in [4.69, 9.17) is 0 Å². The molecule has 1 fully saturated rings. The highest BCUT2D eigenvalue weighted by atomic mass is 79.9. The zero-order valence-electron chi connectivity index (χ0n) is 11.9. The molecule has 0 aromatic heterocycles. The maximum absolute atomic E-state index is 3.69. The van der Waals surface area contributed by atoms with Gasteiger partial charge in [-0.1, -0.05) is 46.3 Å². The molecular formula is C17H18Br2N2. The SMILES string of the molecule is CC1CNC(c2ccccc2)CN1c1ccc(Br)cc1Br. The summed E-state index contributed by atoms with van der Waals surface area (Å²) >= 11 is 7.22. The van der Waals surface area contributed by atoms with Gasteiger partial charge in [-0.15, -0.1) is 0 Å². The Kier molecular flexibility index (Phi) is 4.67. The van der Waals surface area contributed by atoms with Crippen molar-refractivity contribution in [2.75, 3.05) is 18.0 Å². The standard InChI is InChI=1S/C17H18Br2N2/c1-12-10-20-16(13-5-3-2-4-6-13)11-21(12)17-8-7-14(18)9-15(17)19/h2-9,12,16,20H,10-11H2,1H3. The van der Waals surface area contributed by atoms with Crippen molar-refractivity contribution < 1.29 is 0 Å². The van der Waals surface area contributed by atoms with Crippen LogP contribution in [0.15, 0.2) is 57.5 Å². The van der Waals surface area contributed by atoms with Gasteiger partial charge in [0.1, 0.15) is 0 Å². The van der Waals surface area contributed by atoms with Crippen molar-refractivity contribution in [2.24, 2.45) is 0 Å². The van der Waals surface area contributed by atoms with Crippen LogP contribution in [-0.2, 0) is 0 Å². The van der Waals surface area contributed by atoms with Crippen molar-refractivity contribution in [1.82, 2.24) is 5.32 Å². The quantitative estimate of drug-likeness (QED) is 0.769. The van der Waals surface area contributed by atoms with Crippen LogP contribution in [0.2, 0.25) is 0 Å². The van der Waals surface area contributed by atoms with E-state index in [0.29, 0.717) is 12.1 Å². The van der Waals surface area contributed by atoms with Gasteiger partial charge in [0.15, 0.2) is 0 Å². The van der Waals surface area contributed by atoms with Gasteiger partial charge in [-0.2, -0.15) is 0 Å².